The van der Waals surface area contributed by atoms with E-state index in [0.29, 0.717) is 34.0 Å². The molecule has 29 heavy (non-hydrogen) atoms. The first kappa shape index (κ1) is 18.3. The van der Waals surface area contributed by atoms with Crippen LogP contribution in [-0.2, 0) is 7.05 Å². The van der Waals surface area contributed by atoms with Gasteiger partial charge in [-0.2, -0.15) is 4.98 Å². The molecule has 3 aromatic rings. The third-order valence-corrected chi connectivity index (χ3v) is 6.34. The van der Waals surface area contributed by atoms with E-state index >= 15 is 4.39 Å². The lowest BCUT2D eigenvalue weighted by Crippen LogP contribution is -2.25. The molecular weight excluding hydrogens is 371 g/mol. The molecule has 152 valence electrons. The highest BCUT2D eigenvalue weighted by Gasteiger charge is 2.26. The van der Waals surface area contributed by atoms with Gasteiger partial charge in [-0.1, -0.05) is 24.4 Å². The van der Waals surface area contributed by atoms with Crippen LogP contribution in [0.5, 0.6) is 0 Å². The molecule has 3 heterocycles. The normalized spacial score (nSPS) is 18.1. The number of aromatic nitrogens is 3. The Balaban J connectivity index is 1.58. The largest absolute Gasteiger partial charge is 0.369 e. The quantitative estimate of drug-likeness (QED) is 0.658. The summed E-state index contributed by atoms with van der Waals surface area (Å²) in [7, 11) is 1.86. The van der Waals surface area contributed by atoms with Crippen molar-refractivity contribution >= 4 is 16.6 Å². The first-order chi connectivity index (χ1) is 14.1. The van der Waals surface area contributed by atoms with E-state index in [2.05, 4.69) is 15.0 Å². The smallest absolute Gasteiger partial charge is 0.230 e. The zero-order valence-electron chi connectivity index (χ0n) is 16.7. The zero-order valence-corrected chi connectivity index (χ0v) is 16.7. The van der Waals surface area contributed by atoms with Gasteiger partial charge in [0.15, 0.2) is 0 Å². The maximum Gasteiger partial charge on any atom is 0.230 e. The number of hydrogen-bond donors (Lipinski definition) is 0. The summed E-state index contributed by atoms with van der Waals surface area (Å²) in [6.45, 7) is 1.70. The summed E-state index contributed by atoms with van der Waals surface area (Å²) in [5, 5.41) is 4.36. The van der Waals surface area contributed by atoms with Crippen LogP contribution in [0.1, 0.15) is 56.8 Å². The predicted octanol–water partition coefficient (Wildman–Crippen LogP) is 4.38. The fourth-order valence-corrected chi connectivity index (χ4v) is 4.37. The molecule has 2 aliphatic rings. The molecule has 1 aliphatic carbocycles. The molecule has 0 bridgehead atoms. The van der Waals surface area contributed by atoms with Crippen molar-refractivity contribution in [3.05, 3.63) is 40.3 Å². The van der Waals surface area contributed by atoms with Gasteiger partial charge in [0.1, 0.15) is 5.82 Å². The summed E-state index contributed by atoms with van der Waals surface area (Å²) >= 11 is 0. The second kappa shape index (κ2) is 7.28. The highest BCUT2D eigenvalue weighted by molar-refractivity contribution is 5.86. The molecule has 0 atom stereocenters. The molecule has 1 aliphatic heterocycles. The first-order valence-corrected chi connectivity index (χ1v) is 10.5. The van der Waals surface area contributed by atoms with E-state index in [1.54, 1.807) is 12.3 Å². The van der Waals surface area contributed by atoms with E-state index in [0.717, 1.165) is 38.8 Å². The van der Waals surface area contributed by atoms with Crippen molar-refractivity contribution in [2.24, 2.45) is 7.05 Å². The Kier molecular flexibility index (Phi) is 4.60. The second-order valence-electron chi connectivity index (χ2n) is 8.29. The minimum Gasteiger partial charge on any atom is -0.369 e. The summed E-state index contributed by atoms with van der Waals surface area (Å²) in [5.41, 5.74) is 1.37. The first-order valence-electron chi connectivity index (χ1n) is 10.5. The van der Waals surface area contributed by atoms with E-state index in [1.807, 2.05) is 11.6 Å². The zero-order chi connectivity index (χ0) is 20.0. The van der Waals surface area contributed by atoms with E-state index in [9.17, 15) is 4.79 Å². The van der Waals surface area contributed by atoms with Crippen LogP contribution in [0.3, 0.4) is 0 Å². The number of benzene rings is 1. The van der Waals surface area contributed by atoms with Gasteiger partial charge in [-0.25, -0.2) is 4.39 Å². The monoisotopic (exact) mass is 396 g/mol. The van der Waals surface area contributed by atoms with Crippen molar-refractivity contribution in [3.63, 3.8) is 0 Å². The Morgan fingerprint density at radius 1 is 1.10 bits per heavy atom. The molecule has 1 saturated heterocycles. The Bertz CT molecular complexity index is 1110. The van der Waals surface area contributed by atoms with E-state index in [1.165, 1.54) is 25.3 Å². The summed E-state index contributed by atoms with van der Waals surface area (Å²) in [6.07, 6.45) is 9.47. The molecule has 0 N–H and O–H groups in total. The van der Waals surface area contributed by atoms with Gasteiger partial charge >= 0.3 is 0 Å². The van der Waals surface area contributed by atoms with Crippen molar-refractivity contribution in [1.82, 2.24) is 14.7 Å². The van der Waals surface area contributed by atoms with Gasteiger partial charge < -0.3 is 14.0 Å². The predicted molar refractivity (Wildman–Crippen MR) is 110 cm³/mol. The summed E-state index contributed by atoms with van der Waals surface area (Å²) in [4.78, 5) is 19.7. The molecule has 1 saturated carbocycles. The molecule has 0 unspecified atom stereocenters. The van der Waals surface area contributed by atoms with Crippen LogP contribution in [0.15, 0.2) is 27.6 Å². The fourth-order valence-electron chi connectivity index (χ4n) is 4.37. The molecule has 5 rings (SSSR count). The molecule has 0 amide bonds. The molecule has 6 nitrogen and oxygen atoms in total. The second-order valence-corrected chi connectivity index (χ2v) is 8.29. The lowest BCUT2D eigenvalue weighted by atomic mass is 9.85. The van der Waals surface area contributed by atoms with Crippen LogP contribution in [-0.4, -0.2) is 27.8 Å². The van der Waals surface area contributed by atoms with Crippen molar-refractivity contribution in [1.29, 1.82) is 0 Å². The molecule has 1 aromatic carbocycles. The Labute approximate surface area is 168 Å². The summed E-state index contributed by atoms with van der Waals surface area (Å²) in [6, 6.07) is 3.17. The highest BCUT2D eigenvalue weighted by Crippen LogP contribution is 2.36. The molecule has 0 radical (unpaired) electrons. The SMILES string of the molecule is Cn1cc(-c2noc(C3CCC3)n2)c(=O)c2cc(F)c(N3CCCCCC3)cc21. The number of nitrogens with zero attached hydrogens (tertiary/aromatic N) is 4. The molecule has 0 spiro atoms. The van der Waals surface area contributed by atoms with E-state index in [4.69, 9.17) is 4.52 Å². The summed E-state index contributed by atoms with van der Waals surface area (Å²) in [5.74, 6) is 0.827. The molecule has 2 aromatic heterocycles. The van der Waals surface area contributed by atoms with Crippen molar-refractivity contribution in [2.75, 3.05) is 18.0 Å². The van der Waals surface area contributed by atoms with Crippen molar-refractivity contribution in [2.45, 2.75) is 50.9 Å². The lowest BCUT2D eigenvalue weighted by molar-refractivity contribution is 0.292. The number of rotatable bonds is 3. The maximum absolute atomic E-state index is 15.0. The third-order valence-electron chi connectivity index (χ3n) is 6.34. The van der Waals surface area contributed by atoms with Crippen LogP contribution >= 0.6 is 0 Å². The fraction of sp³-hybridized carbons (Fsp3) is 0.500. The minimum atomic E-state index is -0.350. The van der Waals surface area contributed by atoms with Gasteiger partial charge in [-0.3, -0.25) is 4.79 Å². The van der Waals surface area contributed by atoms with Crippen molar-refractivity contribution < 1.29 is 8.91 Å². The standard InChI is InChI=1S/C22H25FN4O2/c1-26-13-16(21-24-22(29-25-21)14-7-6-8-14)20(28)15-11-17(23)19(12-18(15)26)27-9-4-2-3-5-10-27/h11-14H,2-10H2,1H3. The lowest BCUT2D eigenvalue weighted by Gasteiger charge is -2.24. The van der Waals surface area contributed by atoms with E-state index < -0.39 is 0 Å². The Hall–Kier alpha value is -2.70. The third kappa shape index (κ3) is 3.22. The molecular formula is C22H25FN4O2. The minimum absolute atomic E-state index is 0.264. The highest BCUT2D eigenvalue weighted by atomic mass is 19.1. The molecule has 7 heteroatoms. The number of aryl methyl sites for hydroxylation is 1. The van der Waals surface area contributed by atoms with Gasteiger partial charge in [0.05, 0.1) is 16.8 Å². The van der Waals surface area contributed by atoms with Gasteiger partial charge in [0.25, 0.3) is 0 Å². The van der Waals surface area contributed by atoms with Gasteiger partial charge in [0.2, 0.25) is 17.1 Å². The number of hydrogen-bond acceptors (Lipinski definition) is 5. The van der Waals surface area contributed by atoms with Crippen LogP contribution in [0.2, 0.25) is 0 Å². The average Bonchev–Trinajstić information content (AvgIpc) is 2.96. The topological polar surface area (TPSA) is 64.2 Å². The van der Waals surface area contributed by atoms with Crippen molar-refractivity contribution in [3.8, 4) is 11.4 Å². The van der Waals surface area contributed by atoms with Crippen LogP contribution < -0.4 is 10.3 Å². The number of halogens is 1. The Morgan fingerprint density at radius 2 is 1.86 bits per heavy atom. The number of anilines is 1. The van der Waals surface area contributed by atoms with Crippen LogP contribution in [0.25, 0.3) is 22.3 Å². The van der Waals surface area contributed by atoms with Gasteiger partial charge in [0, 0.05) is 37.6 Å². The average molecular weight is 396 g/mol. The van der Waals surface area contributed by atoms with Crippen LogP contribution in [0.4, 0.5) is 10.1 Å². The maximum atomic E-state index is 15.0. The van der Waals surface area contributed by atoms with E-state index in [-0.39, 0.29) is 17.1 Å². The van der Waals surface area contributed by atoms with Gasteiger partial charge in [-0.05, 0) is 37.8 Å². The van der Waals surface area contributed by atoms with Crippen LogP contribution in [0, 0.1) is 5.82 Å². The Morgan fingerprint density at radius 3 is 2.55 bits per heavy atom. The molecule has 2 fully saturated rings. The summed E-state index contributed by atoms with van der Waals surface area (Å²) < 4.78 is 22.2. The number of fused-ring (bicyclic) bond motifs is 1. The number of pyridine rings is 1. The van der Waals surface area contributed by atoms with Gasteiger partial charge in [-0.15, -0.1) is 0 Å².